The molecule has 0 amide bonds. The van der Waals surface area contributed by atoms with Crippen LogP contribution in [0.15, 0.2) is 18.2 Å². The predicted octanol–water partition coefficient (Wildman–Crippen LogP) is 3.50. The molecule has 0 aliphatic rings. The number of unbranched alkanes of at least 4 members (excludes halogenated alkanes) is 1. The summed E-state index contributed by atoms with van der Waals surface area (Å²) >= 11 is 0. The molecule has 0 radical (unpaired) electrons. The van der Waals surface area contributed by atoms with Crippen LogP contribution in [0.3, 0.4) is 0 Å². The van der Waals surface area contributed by atoms with Crippen LogP contribution in [-0.4, -0.2) is 24.5 Å². The van der Waals surface area contributed by atoms with Gasteiger partial charge < -0.3 is 19.3 Å². The van der Waals surface area contributed by atoms with Gasteiger partial charge >= 0.3 is 6.16 Å². The lowest BCUT2D eigenvalue weighted by Gasteiger charge is -2.09. The first-order chi connectivity index (χ1) is 9.17. The van der Waals surface area contributed by atoms with Crippen molar-refractivity contribution in [2.45, 2.75) is 33.1 Å². The summed E-state index contributed by atoms with van der Waals surface area (Å²) in [5.41, 5.74) is 0. The van der Waals surface area contributed by atoms with Crippen LogP contribution in [-0.2, 0) is 4.74 Å². The number of carbonyl (C=O) groups excluding carboxylic acids is 1. The van der Waals surface area contributed by atoms with Crippen LogP contribution >= 0.6 is 0 Å². The van der Waals surface area contributed by atoms with E-state index in [1.807, 2.05) is 13.8 Å². The number of hydrogen-bond donors (Lipinski definition) is 1. The van der Waals surface area contributed by atoms with Crippen LogP contribution in [0.2, 0.25) is 0 Å². The number of aromatic hydroxyl groups is 1. The van der Waals surface area contributed by atoms with Crippen LogP contribution in [0.1, 0.15) is 33.1 Å². The molecular weight excluding hydrogens is 248 g/mol. The van der Waals surface area contributed by atoms with Crippen molar-refractivity contribution in [2.24, 2.45) is 0 Å². The molecule has 19 heavy (non-hydrogen) atoms. The third kappa shape index (κ3) is 5.50. The number of hydrogen-bond acceptors (Lipinski definition) is 5. The minimum absolute atomic E-state index is 0.0627. The first-order valence-corrected chi connectivity index (χ1v) is 6.47. The Bertz CT molecular complexity index is 403. The molecule has 0 aromatic heterocycles. The zero-order valence-electron chi connectivity index (χ0n) is 11.3. The summed E-state index contributed by atoms with van der Waals surface area (Å²) in [4.78, 5) is 11.3. The zero-order chi connectivity index (χ0) is 14.1. The van der Waals surface area contributed by atoms with Crippen LogP contribution in [0.4, 0.5) is 4.79 Å². The van der Waals surface area contributed by atoms with Gasteiger partial charge in [0.15, 0.2) is 11.5 Å². The number of phenols is 1. The summed E-state index contributed by atoms with van der Waals surface area (Å²) in [5.74, 6) is 0.531. The average molecular weight is 268 g/mol. The SMILES string of the molecule is CCCCOC(=O)Oc1ccc(OCCC)c(O)c1. The molecule has 106 valence electrons. The molecule has 0 unspecified atom stereocenters. The third-order valence-corrected chi connectivity index (χ3v) is 2.31. The van der Waals surface area contributed by atoms with E-state index in [4.69, 9.17) is 14.2 Å². The highest BCUT2D eigenvalue weighted by Crippen LogP contribution is 2.30. The highest BCUT2D eigenvalue weighted by atomic mass is 16.7. The van der Waals surface area contributed by atoms with Gasteiger partial charge in [0.2, 0.25) is 0 Å². The van der Waals surface area contributed by atoms with E-state index in [0.29, 0.717) is 19.0 Å². The highest BCUT2D eigenvalue weighted by Gasteiger charge is 2.09. The molecule has 1 aromatic rings. The summed E-state index contributed by atoms with van der Waals surface area (Å²) in [6.45, 7) is 4.83. The Morgan fingerprint density at radius 2 is 2.00 bits per heavy atom. The van der Waals surface area contributed by atoms with E-state index >= 15 is 0 Å². The topological polar surface area (TPSA) is 65.0 Å². The number of phenolic OH excluding ortho intramolecular Hbond substituents is 1. The lowest BCUT2D eigenvalue weighted by Crippen LogP contribution is -2.11. The Labute approximate surface area is 113 Å². The fourth-order valence-corrected chi connectivity index (χ4v) is 1.32. The van der Waals surface area contributed by atoms with E-state index < -0.39 is 6.16 Å². The predicted molar refractivity (Wildman–Crippen MR) is 70.8 cm³/mol. The Morgan fingerprint density at radius 1 is 1.21 bits per heavy atom. The zero-order valence-corrected chi connectivity index (χ0v) is 11.3. The van der Waals surface area contributed by atoms with Gasteiger partial charge in [-0.15, -0.1) is 0 Å². The maximum Gasteiger partial charge on any atom is 0.513 e. The quantitative estimate of drug-likeness (QED) is 0.466. The summed E-state index contributed by atoms with van der Waals surface area (Å²) in [6, 6.07) is 4.43. The summed E-state index contributed by atoms with van der Waals surface area (Å²) in [7, 11) is 0. The van der Waals surface area contributed by atoms with Crippen LogP contribution in [0.5, 0.6) is 17.2 Å². The van der Waals surface area contributed by atoms with Crippen molar-refractivity contribution in [3.8, 4) is 17.2 Å². The first kappa shape index (κ1) is 15.1. The van der Waals surface area contributed by atoms with E-state index in [9.17, 15) is 9.90 Å². The lowest BCUT2D eigenvalue weighted by atomic mass is 10.3. The van der Waals surface area contributed by atoms with Gasteiger partial charge in [0.1, 0.15) is 5.75 Å². The summed E-state index contributed by atoms with van der Waals surface area (Å²) in [5, 5.41) is 9.69. The van der Waals surface area contributed by atoms with E-state index in [-0.39, 0.29) is 11.5 Å². The molecule has 0 heterocycles. The molecule has 1 N–H and O–H groups in total. The van der Waals surface area contributed by atoms with Crippen molar-refractivity contribution in [3.05, 3.63) is 18.2 Å². The average Bonchev–Trinajstić information content (AvgIpc) is 2.38. The lowest BCUT2D eigenvalue weighted by molar-refractivity contribution is 0.0977. The molecule has 5 heteroatoms. The van der Waals surface area contributed by atoms with Gasteiger partial charge in [-0.2, -0.15) is 0 Å². The molecule has 5 nitrogen and oxygen atoms in total. The third-order valence-electron chi connectivity index (χ3n) is 2.31. The number of ether oxygens (including phenoxy) is 3. The van der Waals surface area contributed by atoms with Gasteiger partial charge in [-0.3, -0.25) is 0 Å². The Morgan fingerprint density at radius 3 is 2.63 bits per heavy atom. The minimum Gasteiger partial charge on any atom is -0.504 e. The number of benzene rings is 1. The Kier molecular flexibility index (Phi) is 6.57. The van der Waals surface area contributed by atoms with E-state index in [1.165, 1.54) is 6.07 Å². The molecule has 0 aliphatic heterocycles. The van der Waals surface area contributed by atoms with Crippen molar-refractivity contribution in [2.75, 3.05) is 13.2 Å². The Balaban J connectivity index is 2.50. The summed E-state index contributed by atoms with van der Waals surface area (Å²) in [6.07, 6.45) is 1.82. The van der Waals surface area contributed by atoms with E-state index in [2.05, 4.69) is 0 Å². The Hall–Kier alpha value is -1.91. The number of carbonyl (C=O) groups is 1. The van der Waals surface area contributed by atoms with Gasteiger partial charge in [0, 0.05) is 6.07 Å². The standard InChI is InChI=1S/C14H20O5/c1-3-5-9-18-14(16)19-11-6-7-13(12(15)10-11)17-8-4-2/h6-7,10,15H,3-5,8-9H2,1-2H3. The fraction of sp³-hybridized carbons (Fsp3) is 0.500. The van der Waals surface area contributed by atoms with Gasteiger partial charge in [-0.25, -0.2) is 4.79 Å². The van der Waals surface area contributed by atoms with Crippen molar-refractivity contribution in [1.82, 2.24) is 0 Å². The second-order valence-electron chi connectivity index (χ2n) is 4.03. The molecule has 0 bridgehead atoms. The van der Waals surface area contributed by atoms with Gasteiger partial charge in [0.05, 0.1) is 13.2 Å². The van der Waals surface area contributed by atoms with Gasteiger partial charge in [-0.05, 0) is 25.0 Å². The molecule has 0 saturated heterocycles. The molecule has 0 saturated carbocycles. The molecular formula is C14H20O5. The van der Waals surface area contributed by atoms with Crippen LogP contribution in [0.25, 0.3) is 0 Å². The second-order valence-corrected chi connectivity index (χ2v) is 4.03. The number of rotatable bonds is 7. The summed E-state index contributed by atoms with van der Waals surface area (Å²) < 4.78 is 15.1. The van der Waals surface area contributed by atoms with Crippen molar-refractivity contribution < 1.29 is 24.1 Å². The van der Waals surface area contributed by atoms with Crippen molar-refractivity contribution in [3.63, 3.8) is 0 Å². The van der Waals surface area contributed by atoms with Crippen molar-refractivity contribution >= 4 is 6.16 Å². The fourth-order valence-electron chi connectivity index (χ4n) is 1.32. The normalized spacial score (nSPS) is 10.0. The van der Waals surface area contributed by atoms with Crippen LogP contribution in [0, 0.1) is 0 Å². The molecule has 0 aliphatic carbocycles. The molecule has 1 aromatic carbocycles. The molecule has 0 spiro atoms. The largest absolute Gasteiger partial charge is 0.513 e. The molecule has 1 rings (SSSR count). The van der Waals surface area contributed by atoms with Gasteiger partial charge in [-0.1, -0.05) is 20.3 Å². The minimum atomic E-state index is -0.768. The maximum absolute atomic E-state index is 11.3. The smallest absolute Gasteiger partial charge is 0.504 e. The second kappa shape index (κ2) is 8.24. The van der Waals surface area contributed by atoms with Crippen molar-refractivity contribution in [1.29, 1.82) is 0 Å². The van der Waals surface area contributed by atoms with Crippen LogP contribution < -0.4 is 9.47 Å². The first-order valence-electron chi connectivity index (χ1n) is 6.47. The monoisotopic (exact) mass is 268 g/mol. The van der Waals surface area contributed by atoms with E-state index in [0.717, 1.165) is 19.3 Å². The van der Waals surface area contributed by atoms with E-state index in [1.54, 1.807) is 12.1 Å². The highest BCUT2D eigenvalue weighted by molar-refractivity contribution is 5.64. The molecule has 0 atom stereocenters. The molecule has 0 fully saturated rings. The van der Waals surface area contributed by atoms with Gasteiger partial charge in [0.25, 0.3) is 0 Å². The maximum atomic E-state index is 11.3.